The first kappa shape index (κ1) is 12.9. The Morgan fingerprint density at radius 2 is 2.00 bits per heavy atom. The summed E-state index contributed by atoms with van der Waals surface area (Å²) in [6.07, 6.45) is 0.835. The van der Waals surface area contributed by atoms with Crippen molar-refractivity contribution in [1.29, 1.82) is 0 Å². The van der Waals surface area contributed by atoms with Gasteiger partial charge in [0.2, 0.25) is 0 Å². The Morgan fingerprint density at radius 3 is 2.61 bits per heavy atom. The third-order valence-corrected chi connectivity index (χ3v) is 2.77. The summed E-state index contributed by atoms with van der Waals surface area (Å²) in [7, 11) is 0. The molecule has 1 aliphatic heterocycles. The van der Waals surface area contributed by atoms with Gasteiger partial charge in [0.1, 0.15) is 0 Å². The average Bonchev–Trinajstić information content (AvgIpc) is 2.76. The maximum absolute atomic E-state index is 12.1. The SMILES string of the molecule is CC(C)(C)NC(=O)N1OCC[C@H]1c1ccccc1. The minimum absolute atomic E-state index is 0.00792. The van der Waals surface area contributed by atoms with E-state index in [2.05, 4.69) is 5.32 Å². The van der Waals surface area contributed by atoms with Gasteiger partial charge in [-0.05, 0) is 26.3 Å². The highest BCUT2D eigenvalue weighted by atomic mass is 16.7. The highest BCUT2D eigenvalue weighted by Crippen LogP contribution is 2.30. The molecule has 4 heteroatoms. The molecule has 4 nitrogen and oxygen atoms in total. The number of hydrogen-bond acceptors (Lipinski definition) is 2. The molecule has 1 N–H and O–H groups in total. The van der Waals surface area contributed by atoms with Crippen LogP contribution in [-0.2, 0) is 4.84 Å². The largest absolute Gasteiger partial charge is 0.342 e. The molecule has 0 bridgehead atoms. The number of amides is 2. The molecule has 18 heavy (non-hydrogen) atoms. The fourth-order valence-corrected chi connectivity index (χ4v) is 2.02. The highest BCUT2D eigenvalue weighted by Gasteiger charge is 2.33. The maximum atomic E-state index is 12.1. The second kappa shape index (κ2) is 4.98. The van der Waals surface area contributed by atoms with E-state index in [1.54, 1.807) is 0 Å². The molecule has 1 aromatic rings. The van der Waals surface area contributed by atoms with Gasteiger partial charge in [-0.1, -0.05) is 30.3 Å². The molecular formula is C14H20N2O2. The Kier molecular flexibility index (Phi) is 3.57. The van der Waals surface area contributed by atoms with E-state index in [-0.39, 0.29) is 17.6 Å². The number of nitrogens with one attached hydrogen (secondary N) is 1. The number of rotatable bonds is 1. The van der Waals surface area contributed by atoms with Crippen molar-refractivity contribution in [2.24, 2.45) is 0 Å². The van der Waals surface area contributed by atoms with Crippen LogP contribution in [0.1, 0.15) is 38.8 Å². The number of urea groups is 1. The smallest absolute Gasteiger partial charge is 0.332 e. The molecule has 0 spiro atoms. The molecule has 1 aromatic carbocycles. The van der Waals surface area contributed by atoms with Gasteiger partial charge in [-0.25, -0.2) is 4.79 Å². The molecule has 2 amide bonds. The van der Waals surface area contributed by atoms with E-state index in [4.69, 9.17) is 4.84 Å². The van der Waals surface area contributed by atoms with E-state index in [1.165, 1.54) is 5.06 Å². The molecule has 1 aliphatic rings. The maximum Gasteiger partial charge on any atom is 0.342 e. The summed E-state index contributed by atoms with van der Waals surface area (Å²) in [5.74, 6) is 0. The van der Waals surface area contributed by atoms with Gasteiger partial charge in [0.05, 0.1) is 12.6 Å². The Balaban J connectivity index is 2.11. The molecule has 0 unspecified atom stereocenters. The van der Waals surface area contributed by atoms with Crippen LogP contribution in [0.5, 0.6) is 0 Å². The Labute approximate surface area is 108 Å². The van der Waals surface area contributed by atoms with Crippen molar-refractivity contribution in [2.75, 3.05) is 6.61 Å². The Bertz CT molecular complexity index is 412. The second-order valence-corrected chi connectivity index (χ2v) is 5.55. The van der Waals surface area contributed by atoms with Crippen LogP contribution in [0.2, 0.25) is 0 Å². The summed E-state index contributed by atoms with van der Waals surface area (Å²) in [4.78, 5) is 17.6. The van der Waals surface area contributed by atoms with Crippen molar-refractivity contribution >= 4 is 6.03 Å². The standard InChI is InChI=1S/C14H20N2O2/c1-14(2,3)15-13(17)16-12(9-10-18-16)11-7-5-4-6-8-11/h4-8,12H,9-10H2,1-3H3,(H,15,17)/t12-/m0/s1. The van der Waals surface area contributed by atoms with E-state index in [0.29, 0.717) is 6.61 Å². The Morgan fingerprint density at radius 1 is 1.33 bits per heavy atom. The van der Waals surface area contributed by atoms with E-state index in [9.17, 15) is 4.79 Å². The molecule has 2 rings (SSSR count). The van der Waals surface area contributed by atoms with Crippen molar-refractivity contribution in [2.45, 2.75) is 38.8 Å². The number of hydroxylamine groups is 2. The summed E-state index contributed by atoms with van der Waals surface area (Å²) >= 11 is 0. The summed E-state index contributed by atoms with van der Waals surface area (Å²) in [5, 5.41) is 4.38. The van der Waals surface area contributed by atoms with Crippen LogP contribution in [0, 0.1) is 0 Å². The predicted octanol–water partition coefficient (Wildman–Crippen LogP) is 2.87. The fraction of sp³-hybridized carbons (Fsp3) is 0.500. The number of carbonyl (C=O) groups excluding carboxylic acids is 1. The fourth-order valence-electron chi connectivity index (χ4n) is 2.02. The first-order valence-corrected chi connectivity index (χ1v) is 6.26. The molecule has 1 saturated heterocycles. The lowest BCUT2D eigenvalue weighted by atomic mass is 10.0. The third kappa shape index (κ3) is 3.01. The zero-order valence-electron chi connectivity index (χ0n) is 11.1. The van der Waals surface area contributed by atoms with E-state index >= 15 is 0 Å². The van der Waals surface area contributed by atoms with Crippen molar-refractivity contribution in [3.63, 3.8) is 0 Å². The minimum Gasteiger partial charge on any atom is -0.332 e. The van der Waals surface area contributed by atoms with E-state index < -0.39 is 0 Å². The van der Waals surface area contributed by atoms with Crippen LogP contribution in [-0.4, -0.2) is 23.2 Å². The zero-order chi connectivity index (χ0) is 13.2. The molecule has 98 valence electrons. The summed E-state index contributed by atoms with van der Waals surface area (Å²) in [5.41, 5.74) is 0.851. The van der Waals surface area contributed by atoms with Crippen molar-refractivity contribution < 1.29 is 9.63 Å². The summed E-state index contributed by atoms with van der Waals surface area (Å²) < 4.78 is 0. The van der Waals surface area contributed by atoms with Gasteiger partial charge < -0.3 is 5.32 Å². The molecule has 1 atom stereocenters. The summed E-state index contributed by atoms with van der Waals surface area (Å²) in [6.45, 7) is 6.45. The molecule has 0 aliphatic carbocycles. The van der Waals surface area contributed by atoms with Crippen LogP contribution >= 0.6 is 0 Å². The monoisotopic (exact) mass is 248 g/mol. The molecular weight excluding hydrogens is 228 g/mol. The normalized spacial score (nSPS) is 19.9. The number of nitrogens with zero attached hydrogens (tertiary/aromatic N) is 1. The van der Waals surface area contributed by atoms with Gasteiger partial charge in [-0.2, -0.15) is 5.06 Å². The number of hydrogen-bond donors (Lipinski definition) is 1. The average molecular weight is 248 g/mol. The van der Waals surface area contributed by atoms with E-state index in [0.717, 1.165) is 12.0 Å². The quantitative estimate of drug-likeness (QED) is 0.830. The van der Waals surface area contributed by atoms with E-state index in [1.807, 2.05) is 51.1 Å². The van der Waals surface area contributed by atoms with Gasteiger partial charge >= 0.3 is 6.03 Å². The van der Waals surface area contributed by atoms with Gasteiger partial charge in [0.25, 0.3) is 0 Å². The van der Waals surface area contributed by atoms with Crippen LogP contribution in [0.25, 0.3) is 0 Å². The van der Waals surface area contributed by atoms with Gasteiger partial charge in [-0.15, -0.1) is 0 Å². The highest BCUT2D eigenvalue weighted by molar-refractivity contribution is 5.74. The molecule has 1 heterocycles. The van der Waals surface area contributed by atoms with Gasteiger partial charge in [-0.3, -0.25) is 4.84 Å². The van der Waals surface area contributed by atoms with Gasteiger partial charge in [0, 0.05) is 12.0 Å². The lowest BCUT2D eigenvalue weighted by Gasteiger charge is -2.28. The van der Waals surface area contributed by atoms with Crippen LogP contribution in [0.4, 0.5) is 4.79 Å². The first-order chi connectivity index (χ1) is 8.47. The zero-order valence-corrected chi connectivity index (χ0v) is 11.1. The van der Waals surface area contributed by atoms with Crippen LogP contribution in [0.3, 0.4) is 0 Å². The van der Waals surface area contributed by atoms with Gasteiger partial charge in [0.15, 0.2) is 0 Å². The number of carbonyl (C=O) groups is 1. The minimum atomic E-state index is -0.260. The third-order valence-electron chi connectivity index (χ3n) is 2.77. The van der Waals surface area contributed by atoms with Crippen molar-refractivity contribution in [3.8, 4) is 0 Å². The molecule has 0 saturated carbocycles. The predicted molar refractivity (Wildman–Crippen MR) is 69.9 cm³/mol. The molecule has 1 fully saturated rings. The topological polar surface area (TPSA) is 41.6 Å². The van der Waals surface area contributed by atoms with Crippen molar-refractivity contribution in [1.82, 2.24) is 10.4 Å². The summed E-state index contributed by atoms with van der Waals surface area (Å²) in [6, 6.07) is 9.82. The molecule has 0 aromatic heterocycles. The van der Waals surface area contributed by atoms with Crippen LogP contribution < -0.4 is 5.32 Å². The number of benzene rings is 1. The lowest BCUT2D eigenvalue weighted by molar-refractivity contribution is -0.0891. The first-order valence-electron chi connectivity index (χ1n) is 6.26. The Hall–Kier alpha value is -1.55. The lowest BCUT2D eigenvalue weighted by Crippen LogP contribution is -2.47. The van der Waals surface area contributed by atoms with Crippen molar-refractivity contribution in [3.05, 3.63) is 35.9 Å². The van der Waals surface area contributed by atoms with Crippen LogP contribution in [0.15, 0.2) is 30.3 Å². The second-order valence-electron chi connectivity index (χ2n) is 5.55. The molecule has 0 radical (unpaired) electrons.